The predicted octanol–water partition coefficient (Wildman–Crippen LogP) is 3.04. The Kier molecular flexibility index (Phi) is 6.04. The van der Waals surface area contributed by atoms with Crippen molar-refractivity contribution in [3.8, 4) is 5.75 Å². The molecule has 0 aliphatic heterocycles. The quantitative estimate of drug-likeness (QED) is 0.703. The summed E-state index contributed by atoms with van der Waals surface area (Å²) in [6.45, 7) is 1.61. The second kappa shape index (κ2) is 8.29. The van der Waals surface area contributed by atoms with E-state index in [0.29, 0.717) is 0 Å². The second-order valence-corrected chi connectivity index (χ2v) is 8.60. The number of hydrogen-bond acceptors (Lipinski definition) is 4. The topological polar surface area (TPSA) is 84.5 Å². The van der Waals surface area contributed by atoms with Gasteiger partial charge >= 0.3 is 0 Å². The molecule has 144 valence electrons. The van der Waals surface area contributed by atoms with Gasteiger partial charge in [-0.3, -0.25) is 4.79 Å². The van der Waals surface area contributed by atoms with Gasteiger partial charge in [-0.25, -0.2) is 13.1 Å². The van der Waals surface area contributed by atoms with Gasteiger partial charge in [-0.15, -0.1) is 0 Å². The number of nitrogens with one attached hydrogen (secondary N) is 2. The van der Waals surface area contributed by atoms with Crippen molar-refractivity contribution in [2.24, 2.45) is 0 Å². The lowest BCUT2D eigenvalue weighted by Crippen LogP contribution is -2.30. The monoisotopic (exact) mass is 408 g/mol. The number of rotatable bonds is 8. The summed E-state index contributed by atoms with van der Waals surface area (Å²) in [5.74, 6) is 0.0429. The smallest absolute Gasteiger partial charge is 0.258 e. The predicted molar refractivity (Wildman–Crippen MR) is 103 cm³/mol. The van der Waals surface area contributed by atoms with E-state index in [9.17, 15) is 13.2 Å². The Morgan fingerprint density at radius 1 is 1.22 bits per heavy atom. The molecule has 2 N–H and O–H groups in total. The third-order valence-electron chi connectivity index (χ3n) is 4.15. The molecule has 6 nitrogen and oxygen atoms in total. The van der Waals surface area contributed by atoms with Crippen LogP contribution in [0, 0.1) is 0 Å². The Labute approximate surface area is 163 Å². The fourth-order valence-corrected chi connectivity index (χ4v) is 4.07. The summed E-state index contributed by atoms with van der Waals surface area (Å²) in [6.07, 6.45) is 1.99. The molecular weight excluding hydrogens is 388 g/mol. The van der Waals surface area contributed by atoms with E-state index in [4.69, 9.17) is 16.3 Å². The summed E-state index contributed by atoms with van der Waals surface area (Å²) in [6, 6.07) is 13.3. The third-order valence-corrected chi connectivity index (χ3v) is 5.98. The highest BCUT2D eigenvalue weighted by molar-refractivity contribution is 7.89. The molecule has 8 heteroatoms. The average molecular weight is 409 g/mol. The van der Waals surface area contributed by atoms with Crippen LogP contribution in [0.25, 0.3) is 0 Å². The number of hydrogen-bond donors (Lipinski definition) is 2. The SMILES string of the molecule is C[C@H](NS(=O)(=O)c1ccc(OCC(=O)NC2CC2)c(Cl)c1)c1ccccc1. The zero-order valence-electron chi connectivity index (χ0n) is 14.8. The first-order chi connectivity index (χ1) is 12.8. The van der Waals surface area contributed by atoms with Crippen LogP contribution in [0.15, 0.2) is 53.4 Å². The summed E-state index contributed by atoms with van der Waals surface area (Å²) in [5, 5.41) is 2.93. The van der Waals surface area contributed by atoms with E-state index < -0.39 is 16.1 Å². The number of halogens is 1. The molecule has 27 heavy (non-hydrogen) atoms. The first kappa shape index (κ1) is 19.7. The molecule has 2 aromatic rings. The van der Waals surface area contributed by atoms with E-state index in [-0.39, 0.29) is 34.2 Å². The maximum absolute atomic E-state index is 12.6. The normalized spacial score (nSPS) is 15.2. The molecule has 1 aliphatic rings. The molecule has 0 radical (unpaired) electrons. The lowest BCUT2D eigenvalue weighted by atomic mass is 10.1. The molecule has 3 rings (SSSR count). The molecule has 1 atom stereocenters. The number of carbonyl (C=O) groups excluding carboxylic acids is 1. The first-order valence-electron chi connectivity index (χ1n) is 8.64. The fourth-order valence-electron chi connectivity index (χ4n) is 2.52. The Hall–Kier alpha value is -2.09. The fraction of sp³-hybridized carbons (Fsp3) is 0.316. The Bertz CT molecular complexity index is 915. The van der Waals surface area contributed by atoms with E-state index in [0.717, 1.165) is 18.4 Å². The van der Waals surface area contributed by atoms with Gasteiger partial charge in [0.15, 0.2) is 6.61 Å². The van der Waals surface area contributed by atoms with Crippen LogP contribution in [0.2, 0.25) is 5.02 Å². The van der Waals surface area contributed by atoms with Gasteiger partial charge in [0.2, 0.25) is 10.0 Å². The third kappa shape index (κ3) is 5.45. The Morgan fingerprint density at radius 3 is 2.56 bits per heavy atom. The van der Waals surface area contributed by atoms with Gasteiger partial charge in [-0.2, -0.15) is 0 Å². The van der Waals surface area contributed by atoms with Gasteiger partial charge in [0, 0.05) is 12.1 Å². The van der Waals surface area contributed by atoms with Crippen molar-refractivity contribution in [1.29, 1.82) is 0 Å². The number of sulfonamides is 1. The largest absolute Gasteiger partial charge is 0.482 e. The van der Waals surface area contributed by atoms with Crippen LogP contribution >= 0.6 is 11.6 Å². The summed E-state index contributed by atoms with van der Waals surface area (Å²) in [5.41, 5.74) is 0.855. The molecule has 0 saturated heterocycles. The summed E-state index contributed by atoms with van der Waals surface area (Å²) in [7, 11) is -3.76. The van der Waals surface area contributed by atoms with Crippen molar-refractivity contribution in [2.75, 3.05) is 6.61 Å². The molecular formula is C19H21ClN2O4S. The highest BCUT2D eigenvalue weighted by Gasteiger charge is 2.24. The van der Waals surface area contributed by atoms with Gasteiger partial charge in [0.1, 0.15) is 5.75 Å². The minimum Gasteiger partial charge on any atom is -0.482 e. The van der Waals surface area contributed by atoms with E-state index in [1.165, 1.54) is 18.2 Å². The zero-order chi connectivity index (χ0) is 19.4. The van der Waals surface area contributed by atoms with Gasteiger partial charge in [0.25, 0.3) is 5.91 Å². The van der Waals surface area contributed by atoms with E-state index >= 15 is 0 Å². The maximum atomic E-state index is 12.6. The second-order valence-electron chi connectivity index (χ2n) is 6.48. The minimum absolute atomic E-state index is 0.0325. The van der Waals surface area contributed by atoms with Crippen LogP contribution in [0.3, 0.4) is 0 Å². The van der Waals surface area contributed by atoms with Gasteiger partial charge in [0.05, 0.1) is 9.92 Å². The van der Waals surface area contributed by atoms with Crippen molar-refractivity contribution in [1.82, 2.24) is 10.0 Å². The molecule has 0 aromatic heterocycles. The molecule has 1 saturated carbocycles. The van der Waals surface area contributed by atoms with Crippen LogP contribution in [-0.4, -0.2) is 27.0 Å². The molecule has 1 aliphatic carbocycles. The Morgan fingerprint density at radius 2 is 1.93 bits per heavy atom. The van der Waals surface area contributed by atoms with Crippen LogP contribution in [0.1, 0.15) is 31.4 Å². The maximum Gasteiger partial charge on any atom is 0.258 e. The van der Waals surface area contributed by atoms with Gasteiger partial charge in [-0.1, -0.05) is 41.9 Å². The molecule has 2 aromatic carbocycles. The van der Waals surface area contributed by atoms with E-state index in [2.05, 4.69) is 10.0 Å². The van der Waals surface area contributed by atoms with Crippen molar-refractivity contribution in [2.45, 2.75) is 36.7 Å². The summed E-state index contributed by atoms with van der Waals surface area (Å²) < 4.78 is 33.2. The van der Waals surface area contributed by atoms with Crippen molar-refractivity contribution in [3.05, 3.63) is 59.1 Å². The highest BCUT2D eigenvalue weighted by atomic mass is 35.5. The van der Waals surface area contributed by atoms with Crippen molar-refractivity contribution >= 4 is 27.5 Å². The summed E-state index contributed by atoms with van der Waals surface area (Å²) in [4.78, 5) is 11.7. The minimum atomic E-state index is -3.76. The molecule has 0 bridgehead atoms. The first-order valence-corrected chi connectivity index (χ1v) is 10.5. The van der Waals surface area contributed by atoms with Gasteiger partial charge in [-0.05, 0) is 43.5 Å². The van der Waals surface area contributed by atoms with Crippen LogP contribution < -0.4 is 14.8 Å². The highest BCUT2D eigenvalue weighted by Crippen LogP contribution is 2.28. The number of benzene rings is 2. The Balaban J connectivity index is 1.65. The van der Waals surface area contributed by atoms with Crippen LogP contribution in [-0.2, 0) is 14.8 Å². The standard InChI is InChI=1S/C19H21ClN2O4S/c1-13(14-5-3-2-4-6-14)22-27(24,25)16-9-10-18(17(20)11-16)26-12-19(23)21-15-7-8-15/h2-6,9-11,13,15,22H,7-8,12H2,1H3,(H,21,23)/t13-/m0/s1. The molecule has 1 fully saturated rings. The number of carbonyl (C=O) groups is 1. The van der Waals surface area contributed by atoms with Crippen LogP contribution in [0.4, 0.5) is 0 Å². The molecule has 0 spiro atoms. The van der Waals surface area contributed by atoms with Crippen molar-refractivity contribution in [3.63, 3.8) is 0 Å². The average Bonchev–Trinajstić information content (AvgIpc) is 3.45. The summed E-state index contributed by atoms with van der Waals surface area (Å²) >= 11 is 6.14. The lowest BCUT2D eigenvalue weighted by molar-refractivity contribution is -0.123. The van der Waals surface area contributed by atoms with Crippen molar-refractivity contribution < 1.29 is 17.9 Å². The molecule has 0 heterocycles. The lowest BCUT2D eigenvalue weighted by Gasteiger charge is -2.15. The molecule has 0 unspecified atom stereocenters. The van der Waals surface area contributed by atoms with Gasteiger partial charge < -0.3 is 10.1 Å². The molecule has 1 amide bonds. The number of amides is 1. The zero-order valence-corrected chi connectivity index (χ0v) is 16.4. The number of ether oxygens (including phenoxy) is 1. The van der Waals surface area contributed by atoms with Crippen LogP contribution in [0.5, 0.6) is 5.75 Å². The van der Waals surface area contributed by atoms with E-state index in [1.807, 2.05) is 30.3 Å². The van der Waals surface area contributed by atoms with E-state index in [1.54, 1.807) is 6.92 Å².